The lowest BCUT2D eigenvalue weighted by Gasteiger charge is -2.36. The lowest BCUT2D eigenvalue weighted by molar-refractivity contribution is 0.111. The van der Waals surface area contributed by atoms with Gasteiger partial charge in [-0.25, -0.2) is 0 Å². The molecular weight excluding hydrogens is 264 g/mol. The minimum absolute atomic E-state index is 0.0942. The van der Waals surface area contributed by atoms with Gasteiger partial charge in [0.15, 0.2) is 0 Å². The summed E-state index contributed by atoms with van der Waals surface area (Å²) in [7, 11) is 1.65. The summed E-state index contributed by atoms with van der Waals surface area (Å²) in [4.78, 5) is 0. The van der Waals surface area contributed by atoms with Gasteiger partial charge < -0.3 is 9.47 Å². The Kier molecular flexibility index (Phi) is 4.03. The summed E-state index contributed by atoms with van der Waals surface area (Å²) in [6.45, 7) is 0. The standard InChI is InChI=1S/C17H22N2O2/c1-20-14-4-2-5-15(10-14)21-16-6-3-9-17(11-16,12-18)19-13-7-8-13/h2,4-5,10,13,16,19H,3,6-9,11H2,1H3. The Bertz CT molecular complexity index is 536. The predicted molar refractivity (Wildman–Crippen MR) is 80.4 cm³/mol. The highest BCUT2D eigenvalue weighted by Gasteiger charge is 2.41. The van der Waals surface area contributed by atoms with E-state index >= 15 is 0 Å². The van der Waals surface area contributed by atoms with Gasteiger partial charge in [0.05, 0.1) is 13.2 Å². The van der Waals surface area contributed by atoms with E-state index in [0.717, 1.165) is 37.2 Å². The van der Waals surface area contributed by atoms with Crippen LogP contribution in [0.25, 0.3) is 0 Å². The van der Waals surface area contributed by atoms with Gasteiger partial charge in [-0.05, 0) is 44.2 Å². The van der Waals surface area contributed by atoms with Crippen LogP contribution in [0.1, 0.15) is 38.5 Å². The first-order chi connectivity index (χ1) is 10.2. The van der Waals surface area contributed by atoms with Gasteiger partial charge in [0.25, 0.3) is 0 Å². The number of rotatable bonds is 5. The fourth-order valence-electron chi connectivity index (χ4n) is 3.08. The second-order valence-corrected chi connectivity index (χ2v) is 6.13. The molecule has 21 heavy (non-hydrogen) atoms. The second kappa shape index (κ2) is 5.95. The molecule has 1 aromatic rings. The summed E-state index contributed by atoms with van der Waals surface area (Å²) in [6.07, 6.45) is 6.22. The maximum Gasteiger partial charge on any atom is 0.123 e. The van der Waals surface area contributed by atoms with Gasteiger partial charge in [-0.3, -0.25) is 5.32 Å². The van der Waals surface area contributed by atoms with E-state index in [-0.39, 0.29) is 6.10 Å². The Morgan fingerprint density at radius 3 is 2.81 bits per heavy atom. The lowest BCUT2D eigenvalue weighted by Crippen LogP contribution is -2.50. The zero-order chi connectivity index (χ0) is 14.7. The summed E-state index contributed by atoms with van der Waals surface area (Å²) in [5.41, 5.74) is -0.400. The van der Waals surface area contributed by atoms with Crippen molar-refractivity contribution < 1.29 is 9.47 Å². The van der Waals surface area contributed by atoms with Crippen molar-refractivity contribution >= 4 is 0 Å². The Hall–Kier alpha value is -1.73. The summed E-state index contributed by atoms with van der Waals surface area (Å²) < 4.78 is 11.3. The summed E-state index contributed by atoms with van der Waals surface area (Å²) >= 11 is 0. The van der Waals surface area contributed by atoms with Gasteiger partial charge >= 0.3 is 0 Å². The minimum Gasteiger partial charge on any atom is -0.497 e. The van der Waals surface area contributed by atoms with Crippen molar-refractivity contribution in [2.75, 3.05) is 7.11 Å². The Morgan fingerprint density at radius 1 is 1.29 bits per heavy atom. The zero-order valence-corrected chi connectivity index (χ0v) is 12.5. The molecule has 0 saturated heterocycles. The maximum atomic E-state index is 9.60. The van der Waals surface area contributed by atoms with Crippen molar-refractivity contribution in [1.82, 2.24) is 5.32 Å². The molecule has 0 heterocycles. The molecule has 0 aromatic heterocycles. The van der Waals surface area contributed by atoms with E-state index in [0.29, 0.717) is 6.04 Å². The van der Waals surface area contributed by atoms with Crippen LogP contribution in [0.4, 0.5) is 0 Å². The molecule has 2 atom stereocenters. The van der Waals surface area contributed by atoms with Gasteiger partial charge in [0, 0.05) is 18.5 Å². The molecule has 112 valence electrons. The quantitative estimate of drug-likeness (QED) is 0.904. The molecule has 2 fully saturated rings. The number of nitriles is 1. The first kappa shape index (κ1) is 14.2. The van der Waals surface area contributed by atoms with Crippen LogP contribution in [-0.4, -0.2) is 24.8 Å². The van der Waals surface area contributed by atoms with Gasteiger partial charge in [0.1, 0.15) is 23.1 Å². The largest absolute Gasteiger partial charge is 0.497 e. The van der Waals surface area contributed by atoms with E-state index in [1.165, 1.54) is 12.8 Å². The molecule has 2 unspecified atom stereocenters. The van der Waals surface area contributed by atoms with Crippen molar-refractivity contribution in [2.24, 2.45) is 0 Å². The molecule has 2 saturated carbocycles. The van der Waals surface area contributed by atoms with Crippen molar-refractivity contribution in [3.8, 4) is 17.6 Å². The topological polar surface area (TPSA) is 54.3 Å². The Labute approximate surface area is 126 Å². The van der Waals surface area contributed by atoms with Gasteiger partial charge in [-0.2, -0.15) is 5.26 Å². The van der Waals surface area contributed by atoms with Crippen LogP contribution in [0.15, 0.2) is 24.3 Å². The van der Waals surface area contributed by atoms with Crippen LogP contribution in [-0.2, 0) is 0 Å². The first-order valence-electron chi connectivity index (χ1n) is 7.73. The molecule has 0 bridgehead atoms. The number of benzene rings is 1. The average Bonchev–Trinajstić information content (AvgIpc) is 3.31. The van der Waals surface area contributed by atoms with E-state index in [1.807, 2.05) is 24.3 Å². The van der Waals surface area contributed by atoms with Crippen LogP contribution in [0, 0.1) is 11.3 Å². The van der Waals surface area contributed by atoms with Crippen molar-refractivity contribution in [2.45, 2.75) is 56.2 Å². The second-order valence-electron chi connectivity index (χ2n) is 6.13. The van der Waals surface area contributed by atoms with Crippen LogP contribution in [0.2, 0.25) is 0 Å². The molecule has 0 spiro atoms. The molecule has 3 rings (SSSR count). The third-order valence-corrected chi connectivity index (χ3v) is 4.32. The number of hydrogen-bond acceptors (Lipinski definition) is 4. The molecule has 1 N–H and O–H groups in total. The number of ether oxygens (including phenoxy) is 2. The normalized spacial score (nSPS) is 28.7. The van der Waals surface area contributed by atoms with E-state index in [2.05, 4.69) is 11.4 Å². The zero-order valence-electron chi connectivity index (χ0n) is 12.5. The van der Waals surface area contributed by atoms with E-state index in [9.17, 15) is 5.26 Å². The molecular formula is C17H22N2O2. The van der Waals surface area contributed by atoms with Crippen LogP contribution in [0.3, 0.4) is 0 Å². The minimum atomic E-state index is -0.400. The predicted octanol–water partition coefficient (Wildman–Crippen LogP) is 3.03. The molecule has 0 amide bonds. The number of nitrogens with zero attached hydrogens (tertiary/aromatic N) is 1. The van der Waals surface area contributed by atoms with Crippen molar-refractivity contribution in [3.63, 3.8) is 0 Å². The molecule has 0 aliphatic heterocycles. The highest BCUT2D eigenvalue weighted by atomic mass is 16.5. The molecule has 1 aromatic carbocycles. The van der Waals surface area contributed by atoms with E-state index in [4.69, 9.17) is 9.47 Å². The Morgan fingerprint density at radius 2 is 2.10 bits per heavy atom. The number of nitrogens with one attached hydrogen (secondary N) is 1. The summed E-state index contributed by atoms with van der Waals surface area (Å²) in [6, 6.07) is 10.7. The highest BCUT2D eigenvalue weighted by Crippen LogP contribution is 2.34. The molecule has 2 aliphatic carbocycles. The third-order valence-electron chi connectivity index (χ3n) is 4.32. The van der Waals surface area contributed by atoms with Crippen molar-refractivity contribution in [3.05, 3.63) is 24.3 Å². The summed E-state index contributed by atoms with van der Waals surface area (Å²) in [5, 5.41) is 13.1. The molecule has 4 heteroatoms. The highest BCUT2D eigenvalue weighted by molar-refractivity contribution is 5.33. The molecule has 4 nitrogen and oxygen atoms in total. The fourth-order valence-corrected chi connectivity index (χ4v) is 3.08. The third kappa shape index (κ3) is 3.48. The monoisotopic (exact) mass is 286 g/mol. The van der Waals surface area contributed by atoms with Crippen LogP contribution in [0.5, 0.6) is 11.5 Å². The smallest absolute Gasteiger partial charge is 0.123 e. The molecule has 0 radical (unpaired) electrons. The summed E-state index contributed by atoms with van der Waals surface area (Å²) in [5.74, 6) is 1.62. The van der Waals surface area contributed by atoms with Crippen molar-refractivity contribution in [1.29, 1.82) is 5.26 Å². The maximum absolute atomic E-state index is 9.60. The SMILES string of the molecule is COc1cccc(OC2CCCC(C#N)(NC3CC3)C2)c1. The number of methoxy groups -OCH3 is 1. The number of hydrogen-bond donors (Lipinski definition) is 1. The van der Waals surface area contributed by atoms with Crippen LogP contribution < -0.4 is 14.8 Å². The van der Waals surface area contributed by atoms with Gasteiger partial charge in [-0.15, -0.1) is 0 Å². The van der Waals surface area contributed by atoms with Crippen LogP contribution >= 0.6 is 0 Å². The van der Waals surface area contributed by atoms with Gasteiger partial charge in [-0.1, -0.05) is 6.07 Å². The first-order valence-corrected chi connectivity index (χ1v) is 7.73. The Balaban J connectivity index is 1.66. The lowest BCUT2D eigenvalue weighted by atomic mass is 9.81. The average molecular weight is 286 g/mol. The molecule has 2 aliphatic rings. The van der Waals surface area contributed by atoms with E-state index < -0.39 is 5.54 Å². The van der Waals surface area contributed by atoms with Gasteiger partial charge in [0.2, 0.25) is 0 Å². The van der Waals surface area contributed by atoms with E-state index in [1.54, 1.807) is 7.11 Å². The fraction of sp³-hybridized carbons (Fsp3) is 0.588.